The molecule has 0 saturated carbocycles. The van der Waals surface area contributed by atoms with Crippen molar-refractivity contribution in [2.24, 2.45) is 5.41 Å². The first-order valence-corrected chi connectivity index (χ1v) is 14.0. The molecule has 0 rings (SSSR count). The summed E-state index contributed by atoms with van der Waals surface area (Å²) in [4.78, 5) is 35.8. The lowest BCUT2D eigenvalue weighted by Gasteiger charge is -2.29. The molecule has 0 aromatic rings. The molecule has 6 heteroatoms. The van der Waals surface area contributed by atoms with Gasteiger partial charge in [0.25, 0.3) is 0 Å². The van der Waals surface area contributed by atoms with Crippen LogP contribution in [0.2, 0.25) is 0 Å². The van der Waals surface area contributed by atoms with Gasteiger partial charge >= 0.3 is 11.9 Å². The first kappa shape index (κ1) is 32.4. The highest BCUT2D eigenvalue weighted by molar-refractivity contribution is 6.02. The van der Waals surface area contributed by atoms with E-state index in [9.17, 15) is 19.5 Å². The largest absolute Gasteiger partial charge is 0.481 e. The van der Waals surface area contributed by atoms with Gasteiger partial charge in [-0.05, 0) is 33.1 Å². The molecule has 0 aliphatic rings. The first-order valence-electron chi connectivity index (χ1n) is 14.0. The summed E-state index contributed by atoms with van der Waals surface area (Å²) in [6.07, 6.45) is 19.1. The molecule has 1 amide bonds. The third kappa shape index (κ3) is 16.1. The van der Waals surface area contributed by atoms with Crippen molar-refractivity contribution < 1.29 is 24.6 Å². The van der Waals surface area contributed by atoms with Gasteiger partial charge in [0.15, 0.2) is 0 Å². The number of carboxylic acids is 2. The average Bonchev–Trinajstić information content (AvgIpc) is 2.76. The smallest absolute Gasteiger partial charge is 0.319 e. The topological polar surface area (TPSA) is 104 Å². The van der Waals surface area contributed by atoms with E-state index in [0.29, 0.717) is 12.8 Å². The van der Waals surface area contributed by atoms with E-state index in [0.717, 1.165) is 70.6 Å². The minimum atomic E-state index is -1.32. The number of hydrogen-bond donors (Lipinski definition) is 3. The van der Waals surface area contributed by atoms with Crippen molar-refractivity contribution in [3.8, 4) is 0 Å². The Balaban J connectivity index is 4.44. The number of rotatable bonds is 24. The summed E-state index contributed by atoms with van der Waals surface area (Å²) in [6.45, 7) is 5.97. The van der Waals surface area contributed by atoms with Gasteiger partial charge in [0, 0.05) is 12.5 Å². The second-order valence-electron chi connectivity index (χ2n) is 10.3. The van der Waals surface area contributed by atoms with Crippen molar-refractivity contribution in [2.45, 2.75) is 155 Å². The summed E-state index contributed by atoms with van der Waals surface area (Å²) in [5.41, 5.74) is -1.32. The van der Waals surface area contributed by atoms with E-state index in [1.54, 1.807) is 0 Å². The highest BCUT2D eigenvalue weighted by Crippen LogP contribution is 2.33. The Morgan fingerprint density at radius 2 is 1.03 bits per heavy atom. The average molecular weight is 484 g/mol. The lowest BCUT2D eigenvalue weighted by atomic mass is 9.76. The monoisotopic (exact) mass is 483 g/mol. The maximum absolute atomic E-state index is 13.0. The van der Waals surface area contributed by atoms with E-state index in [-0.39, 0.29) is 18.4 Å². The Labute approximate surface area is 208 Å². The van der Waals surface area contributed by atoms with Crippen molar-refractivity contribution in [3.63, 3.8) is 0 Å². The number of carboxylic acid groups (broad SMARTS) is 2. The number of hydrogen-bond acceptors (Lipinski definition) is 3. The Kier molecular flexibility index (Phi) is 19.8. The second-order valence-corrected chi connectivity index (χ2v) is 10.3. The molecule has 34 heavy (non-hydrogen) atoms. The van der Waals surface area contributed by atoms with Crippen LogP contribution in [0.5, 0.6) is 0 Å². The summed E-state index contributed by atoms with van der Waals surface area (Å²) in [5, 5.41) is 21.6. The van der Waals surface area contributed by atoms with Crippen molar-refractivity contribution in [1.82, 2.24) is 5.32 Å². The normalized spacial score (nSPS) is 13.1. The quantitative estimate of drug-likeness (QED) is 0.0974. The second kappa shape index (κ2) is 20.8. The summed E-state index contributed by atoms with van der Waals surface area (Å²) in [7, 11) is 0. The van der Waals surface area contributed by atoms with Gasteiger partial charge in [-0.3, -0.25) is 14.4 Å². The molecule has 0 bridgehead atoms. The summed E-state index contributed by atoms with van der Waals surface area (Å²) in [6, 6.07) is -0.0736. The highest BCUT2D eigenvalue weighted by Gasteiger charge is 2.45. The van der Waals surface area contributed by atoms with Gasteiger partial charge in [-0.1, -0.05) is 110 Å². The van der Waals surface area contributed by atoms with Gasteiger partial charge < -0.3 is 15.5 Å². The van der Waals surface area contributed by atoms with Crippen LogP contribution in [-0.4, -0.2) is 34.1 Å². The molecule has 0 unspecified atom stereocenters. The van der Waals surface area contributed by atoms with Crippen LogP contribution in [0.15, 0.2) is 0 Å². The van der Waals surface area contributed by atoms with Gasteiger partial charge in [0.05, 0.1) is 0 Å². The van der Waals surface area contributed by atoms with Crippen LogP contribution >= 0.6 is 0 Å². The number of aliphatic carboxylic acids is 2. The van der Waals surface area contributed by atoms with Crippen LogP contribution in [0.3, 0.4) is 0 Å². The standard InChI is InChI=1S/C28H53NO5/c1-4-5-6-7-8-10-13-16-19-22-28(27(33)34,26(32)29-24(2)3)23-20-17-14-11-9-12-15-18-21-25(30)31/h24H,4-23H2,1-3H3,(H,29,32)(H,30,31)(H,33,34)/t28-/m1/s1. The van der Waals surface area contributed by atoms with Gasteiger partial charge in [0.1, 0.15) is 5.41 Å². The number of carbonyl (C=O) groups is 3. The van der Waals surface area contributed by atoms with Crippen molar-refractivity contribution >= 4 is 17.8 Å². The predicted octanol–water partition coefficient (Wildman–Crippen LogP) is 7.49. The molecule has 0 spiro atoms. The van der Waals surface area contributed by atoms with Crippen LogP contribution in [0.25, 0.3) is 0 Å². The maximum atomic E-state index is 13.0. The van der Waals surface area contributed by atoms with Crippen molar-refractivity contribution in [2.75, 3.05) is 0 Å². The molecule has 1 atom stereocenters. The van der Waals surface area contributed by atoms with E-state index in [1.165, 1.54) is 38.5 Å². The number of carbonyl (C=O) groups excluding carboxylic acids is 1. The molecule has 3 N–H and O–H groups in total. The lowest BCUT2D eigenvalue weighted by Crippen LogP contribution is -2.48. The highest BCUT2D eigenvalue weighted by atomic mass is 16.4. The van der Waals surface area contributed by atoms with Crippen molar-refractivity contribution in [3.05, 3.63) is 0 Å². The molecule has 0 aliphatic heterocycles. The van der Waals surface area contributed by atoms with E-state index < -0.39 is 17.4 Å². The third-order valence-electron chi connectivity index (χ3n) is 6.72. The van der Waals surface area contributed by atoms with Crippen molar-refractivity contribution in [1.29, 1.82) is 0 Å². The molecule has 0 heterocycles. The molecule has 0 aromatic heterocycles. The molecule has 0 radical (unpaired) electrons. The zero-order chi connectivity index (χ0) is 25.7. The summed E-state index contributed by atoms with van der Waals surface area (Å²) < 4.78 is 0. The summed E-state index contributed by atoms with van der Waals surface area (Å²) in [5.74, 6) is -2.04. The van der Waals surface area contributed by atoms with E-state index >= 15 is 0 Å². The molecule has 0 fully saturated rings. The molecule has 0 saturated heterocycles. The fourth-order valence-electron chi connectivity index (χ4n) is 4.56. The Bertz CT molecular complexity index is 549. The zero-order valence-corrected chi connectivity index (χ0v) is 22.3. The molecule has 200 valence electrons. The van der Waals surface area contributed by atoms with Gasteiger partial charge in [-0.25, -0.2) is 0 Å². The van der Waals surface area contributed by atoms with Crippen LogP contribution in [0.1, 0.15) is 149 Å². The summed E-state index contributed by atoms with van der Waals surface area (Å²) >= 11 is 0. The number of unbranched alkanes of at least 4 members (excludes halogenated alkanes) is 15. The Morgan fingerprint density at radius 3 is 1.38 bits per heavy atom. The van der Waals surface area contributed by atoms with Gasteiger partial charge in [-0.15, -0.1) is 0 Å². The lowest BCUT2D eigenvalue weighted by molar-refractivity contribution is -0.157. The van der Waals surface area contributed by atoms with Crippen LogP contribution < -0.4 is 5.32 Å². The zero-order valence-electron chi connectivity index (χ0n) is 22.3. The fraction of sp³-hybridized carbons (Fsp3) is 0.893. The van der Waals surface area contributed by atoms with Crippen LogP contribution in [0.4, 0.5) is 0 Å². The molecular weight excluding hydrogens is 430 g/mol. The first-order chi connectivity index (χ1) is 16.3. The number of amides is 1. The minimum Gasteiger partial charge on any atom is -0.481 e. The Hall–Kier alpha value is -1.59. The van der Waals surface area contributed by atoms with Crippen LogP contribution in [0, 0.1) is 5.41 Å². The SMILES string of the molecule is CCCCCCCCCCC[C@](CCCCCCCCCCC(=O)O)(C(=O)O)C(=O)NC(C)C. The van der Waals surface area contributed by atoms with Gasteiger partial charge in [-0.2, -0.15) is 0 Å². The Morgan fingerprint density at radius 1 is 0.647 bits per heavy atom. The molecular formula is C28H53NO5. The number of nitrogens with one attached hydrogen (secondary N) is 1. The van der Waals surface area contributed by atoms with E-state index in [4.69, 9.17) is 5.11 Å². The third-order valence-corrected chi connectivity index (χ3v) is 6.72. The fourth-order valence-corrected chi connectivity index (χ4v) is 4.56. The maximum Gasteiger partial charge on any atom is 0.319 e. The molecule has 6 nitrogen and oxygen atoms in total. The molecule has 0 aromatic carbocycles. The predicted molar refractivity (Wildman–Crippen MR) is 139 cm³/mol. The van der Waals surface area contributed by atoms with Gasteiger partial charge in [0.2, 0.25) is 5.91 Å². The minimum absolute atomic E-state index is 0.0736. The van der Waals surface area contributed by atoms with E-state index in [1.807, 2.05) is 13.8 Å². The van der Waals surface area contributed by atoms with E-state index in [2.05, 4.69) is 12.2 Å². The van der Waals surface area contributed by atoms with Crippen LogP contribution in [-0.2, 0) is 14.4 Å². The molecule has 0 aliphatic carbocycles.